The highest BCUT2D eigenvalue weighted by Gasteiger charge is 2.37. The van der Waals surface area contributed by atoms with E-state index in [0.717, 1.165) is 38.6 Å². The monoisotopic (exact) mass is 343 g/mol. The average molecular weight is 343 g/mol. The van der Waals surface area contributed by atoms with E-state index in [1.165, 1.54) is 11.3 Å². The van der Waals surface area contributed by atoms with Gasteiger partial charge in [-0.3, -0.25) is 9.59 Å². The van der Waals surface area contributed by atoms with Gasteiger partial charge in [-0.15, -0.1) is 0 Å². The number of nitrogens with zero attached hydrogens (tertiary/aromatic N) is 2. The lowest BCUT2D eigenvalue weighted by Crippen LogP contribution is -2.47. The molecular weight excluding hydrogens is 314 g/mol. The molecule has 2 fully saturated rings. The van der Waals surface area contributed by atoms with Crippen molar-refractivity contribution >= 4 is 17.5 Å². The van der Waals surface area contributed by atoms with Crippen LogP contribution in [0.4, 0.5) is 5.69 Å². The summed E-state index contributed by atoms with van der Waals surface area (Å²) in [6, 6.07) is 8.73. The minimum absolute atomic E-state index is 0.144. The van der Waals surface area contributed by atoms with Gasteiger partial charge in [0.1, 0.15) is 0 Å². The molecular formula is C20H29N3O2. The first kappa shape index (κ1) is 17.8. The number of amides is 2. The Morgan fingerprint density at radius 2 is 1.96 bits per heavy atom. The van der Waals surface area contributed by atoms with E-state index >= 15 is 0 Å². The van der Waals surface area contributed by atoms with Crippen LogP contribution in [0.3, 0.4) is 0 Å². The summed E-state index contributed by atoms with van der Waals surface area (Å²) < 4.78 is 0. The Kier molecular flexibility index (Phi) is 5.61. The van der Waals surface area contributed by atoms with Gasteiger partial charge in [-0.25, -0.2) is 0 Å². The largest absolute Gasteiger partial charge is 0.378 e. The molecule has 0 aromatic heterocycles. The Morgan fingerprint density at radius 1 is 1.20 bits per heavy atom. The summed E-state index contributed by atoms with van der Waals surface area (Å²) in [6.07, 6.45) is 5.79. The van der Waals surface area contributed by atoms with Crippen molar-refractivity contribution in [2.75, 3.05) is 25.5 Å². The predicted molar refractivity (Wildman–Crippen MR) is 99.6 cm³/mol. The van der Waals surface area contributed by atoms with Gasteiger partial charge >= 0.3 is 0 Å². The van der Waals surface area contributed by atoms with Crippen LogP contribution >= 0.6 is 0 Å². The SMILES string of the molecule is CN(C)c1ccc(CCC(=O)N2CC[C@@H]3NC(=O)CCCC[C@H]32)cc1. The molecule has 2 amide bonds. The fourth-order valence-electron chi connectivity index (χ4n) is 3.96. The van der Waals surface area contributed by atoms with Crippen LogP contribution in [-0.4, -0.2) is 49.4 Å². The highest BCUT2D eigenvalue weighted by atomic mass is 16.2. The zero-order valence-corrected chi connectivity index (χ0v) is 15.3. The lowest BCUT2D eigenvalue weighted by molar-refractivity contribution is -0.133. The van der Waals surface area contributed by atoms with Crippen LogP contribution < -0.4 is 10.2 Å². The maximum Gasteiger partial charge on any atom is 0.223 e. The Labute approximate surface area is 150 Å². The van der Waals surface area contributed by atoms with E-state index in [-0.39, 0.29) is 23.9 Å². The molecule has 2 saturated heterocycles. The molecule has 2 aliphatic heterocycles. The lowest BCUT2D eigenvalue weighted by Gasteiger charge is -2.30. The molecule has 0 unspecified atom stereocenters. The van der Waals surface area contributed by atoms with Gasteiger partial charge in [0.2, 0.25) is 11.8 Å². The molecule has 0 radical (unpaired) electrons. The third kappa shape index (κ3) is 4.33. The van der Waals surface area contributed by atoms with E-state index in [4.69, 9.17) is 0 Å². The van der Waals surface area contributed by atoms with Crippen LogP contribution in [0.5, 0.6) is 0 Å². The van der Waals surface area contributed by atoms with Gasteiger partial charge in [-0.05, 0) is 43.4 Å². The van der Waals surface area contributed by atoms with Crippen molar-refractivity contribution in [2.45, 2.75) is 57.0 Å². The summed E-state index contributed by atoms with van der Waals surface area (Å²) in [4.78, 5) is 28.6. The van der Waals surface area contributed by atoms with Crippen LogP contribution in [0.1, 0.15) is 44.1 Å². The van der Waals surface area contributed by atoms with Crippen LogP contribution in [0, 0.1) is 0 Å². The number of fused-ring (bicyclic) bond motifs is 1. The molecule has 5 heteroatoms. The first-order chi connectivity index (χ1) is 12.0. The quantitative estimate of drug-likeness (QED) is 0.913. The molecule has 1 aromatic rings. The van der Waals surface area contributed by atoms with Gasteiger partial charge in [-0.2, -0.15) is 0 Å². The molecule has 2 atom stereocenters. The second kappa shape index (κ2) is 7.89. The Bertz CT molecular complexity index is 612. The topological polar surface area (TPSA) is 52.7 Å². The summed E-state index contributed by atoms with van der Waals surface area (Å²) in [5.41, 5.74) is 2.36. The van der Waals surface area contributed by atoms with Gasteiger partial charge < -0.3 is 15.1 Å². The molecule has 5 nitrogen and oxygen atoms in total. The van der Waals surface area contributed by atoms with Gasteiger partial charge in [0.15, 0.2) is 0 Å². The maximum atomic E-state index is 12.7. The van der Waals surface area contributed by atoms with Crippen molar-refractivity contribution in [3.8, 4) is 0 Å². The lowest BCUT2D eigenvalue weighted by atomic mass is 9.98. The number of anilines is 1. The molecule has 0 aliphatic carbocycles. The minimum atomic E-state index is 0.144. The normalized spacial score (nSPS) is 23.4. The van der Waals surface area contributed by atoms with E-state index < -0.39 is 0 Å². The van der Waals surface area contributed by atoms with Gasteiger partial charge in [-0.1, -0.05) is 18.6 Å². The third-order valence-corrected chi connectivity index (χ3v) is 5.45. The number of carbonyl (C=O) groups excluding carboxylic acids is 2. The highest BCUT2D eigenvalue weighted by molar-refractivity contribution is 5.79. The van der Waals surface area contributed by atoms with Crippen LogP contribution in [-0.2, 0) is 16.0 Å². The summed E-state index contributed by atoms with van der Waals surface area (Å²) in [5.74, 6) is 0.365. The number of hydrogen-bond acceptors (Lipinski definition) is 3. The highest BCUT2D eigenvalue weighted by Crippen LogP contribution is 2.26. The number of rotatable bonds is 4. The first-order valence-corrected chi connectivity index (χ1v) is 9.39. The van der Waals surface area contributed by atoms with Crippen molar-refractivity contribution in [1.29, 1.82) is 0 Å². The molecule has 0 saturated carbocycles. The number of likely N-dealkylation sites (tertiary alicyclic amines) is 1. The zero-order chi connectivity index (χ0) is 17.8. The number of benzene rings is 1. The summed E-state index contributed by atoms with van der Waals surface area (Å²) in [5, 5.41) is 3.12. The van der Waals surface area contributed by atoms with E-state index in [0.29, 0.717) is 12.8 Å². The molecule has 25 heavy (non-hydrogen) atoms. The van der Waals surface area contributed by atoms with Crippen LogP contribution in [0.15, 0.2) is 24.3 Å². The molecule has 3 rings (SSSR count). The molecule has 1 N–H and O–H groups in total. The van der Waals surface area contributed by atoms with E-state index in [1.807, 2.05) is 19.0 Å². The van der Waals surface area contributed by atoms with Crippen molar-refractivity contribution in [3.63, 3.8) is 0 Å². The third-order valence-electron chi connectivity index (χ3n) is 5.45. The number of nitrogens with one attached hydrogen (secondary N) is 1. The second-order valence-electron chi connectivity index (χ2n) is 7.42. The van der Waals surface area contributed by atoms with E-state index in [9.17, 15) is 9.59 Å². The van der Waals surface area contributed by atoms with Gasteiger partial charge in [0.25, 0.3) is 0 Å². The summed E-state index contributed by atoms with van der Waals surface area (Å²) >= 11 is 0. The summed E-state index contributed by atoms with van der Waals surface area (Å²) in [7, 11) is 4.05. The number of aryl methyl sites for hydroxylation is 1. The second-order valence-corrected chi connectivity index (χ2v) is 7.42. The fraction of sp³-hybridized carbons (Fsp3) is 0.600. The average Bonchev–Trinajstić information content (AvgIpc) is 2.96. The van der Waals surface area contributed by atoms with Gasteiger partial charge in [0.05, 0.1) is 12.1 Å². The Morgan fingerprint density at radius 3 is 2.68 bits per heavy atom. The number of hydrogen-bond donors (Lipinski definition) is 1. The predicted octanol–water partition coefficient (Wildman–Crippen LogP) is 2.34. The standard InChI is InChI=1S/C20H29N3O2/c1-22(2)16-10-7-15(8-11-16)9-12-20(25)23-14-13-17-18(23)5-3-4-6-19(24)21-17/h7-8,10-11,17-18H,3-6,9,12-14H2,1-2H3,(H,21,24)/t17-,18+/m0/s1. The van der Waals surface area contributed by atoms with E-state index in [1.54, 1.807) is 0 Å². The van der Waals surface area contributed by atoms with E-state index in [2.05, 4.69) is 34.5 Å². The van der Waals surface area contributed by atoms with Crippen molar-refractivity contribution in [2.24, 2.45) is 0 Å². The molecule has 1 aromatic carbocycles. The molecule has 2 heterocycles. The smallest absolute Gasteiger partial charge is 0.223 e. The summed E-state index contributed by atoms with van der Waals surface area (Å²) in [6.45, 7) is 0.772. The molecule has 0 bridgehead atoms. The molecule has 2 aliphatic rings. The first-order valence-electron chi connectivity index (χ1n) is 9.39. The van der Waals surface area contributed by atoms with Crippen LogP contribution in [0.25, 0.3) is 0 Å². The number of carbonyl (C=O) groups is 2. The molecule has 0 spiro atoms. The van der Waals surface area contributed by atoms with Gasteiger partial charge in [0, 0.05) is 39.2 Å². The Hall–Kier alpha value is -2.04. The van der Waals surface area contributed by atoms with Crippen molar-refractivity contribution in [1.82, 2.24) is 10.2 Å². The van der Waals surface area contributed by atoms with Crippen LogP contribution in [0.2, 0.25) is 0 Å². The van der Waals surface area contributed by atoms with Crippen molar-refractivity contribution in [3.05, 3.63) is 29.8 Å². The zero-order valence-electron chi connectivity index (χ0n) is 15.3. The maximum absolute atomic E-state index is 12.7. The minimum Gasteiger partial charge on any atom is -0.378 e. The fourth-order valence-corrected chi connectivity index (χ4v) is 3.96. The molecule has 136 valence electrons. The van der Waals surface area contributed by atoms with Crippen molar-refractivity contribution < 1.29 is 9.59 Å². The Balaban J connectivity index is 1.56.